The van der Waals surface area contributed by atoms with Gasteiger partial charge in [0.2, 0.25) is 23.7 Å². The van der Waals surface area contributed by atoms with Crippen LogP contribution in [0.1, 0.15) is 93.1 Å². The minimum Gasteiger partial charge on any atom is -0.506 e. The fourth-order valence-electron chi connectivity index (χ4n) is 7.24. The molecule has 0 aliphatic heterocycles. The van der Waals surface area contributed by atoms with E-state index in [0.717, 1.165) is 0 Å². The molecule has 0 fully saturated rings. The number of nitrogens with zero attached hydrogens (tertiary/aromatic N) is 8. The van der Waals surface area contributed by atoms with Gasteiger partial charge in [0.25, 0.3) is 11.8 Å². The number of hydrogen-bond acceptors (Lipinski definition) is 10. The Morgan fingerprint density at radius 2 is 1.32 bits per heavy atom. The Balaban J connectivity index is 1.41. The molecule has 2 unspecified atom stereocenters. The van der Waals surface area contributed by atoms with Crippen molar-refractivity contribution in [3.05, 3.63) is 76.4 Å². The van der Waals surface area contributed by atoms with Crippen LogP contribution in [0.5, 0.6) is 5.75 Å². The summed E-state index contributed by atoms with van der Waals surface area (Å²) in [6, 6.07) is 11.0. The predicted molar refractivity (Wildman–Crippen MR) is 213 cm³/mol. The van der Waals surface area contributed by atoms with Crippen LogP contribution >= 0.6 is 0 Å². The molecule has 4 amide bonds. The molecule has 0 spiro atoms. The van der Waals surface area contributed by atoms with Gasteiger partial charge in [-0.2, -0.15) is 10.2 Å². The molecule has 0 aliphatic carbocycles. The number of nitrogens with one attached hydrogen (secondary N) is 2. The van der Waals surface area contributed by atoms with Crippen LogP contribution in [0.15, 0.2) is 42.5 Å². The molecule has 8 N–H and O–H groups in total. The minimum absolute atomic E-state index is 0.00399. The Morgan fingerprint density at radius 3 is 1.88 bits per heavy atom. The number of aryl methyl sites for hydroxylation is 4. The maximum atomic E-state index is 13.7. The summed E-state index contributed by atoms with van der Waals surface area (Å²) in [5, 5.41) is 35.7. The topological polar surface area (TPSA) is 256 Å². The Hall–Kier alpha value is -6.56. The van der Waals surface area contributed by atoms with E-state index in [1.807, 2.05) is 25.3 Å². The fourth-order valence-corrected chi connectivity index (χ4v) is 7.24. The molecule has 4 aromatic heterocycles. The van der Waals surface area contributed by atoms with E-state index in [9.17, 15) is 29.4 Å². The second-order valence-electron chi connectivity index (χ2n) is 14.2. The number of phenols is 1. The highest BCUT2D eigenvalue weighted by atomic mass is 16.3. The maximum absolute atomic E-state index is 13.7. The zero-order valence-electron chi connectivity index (χ0n) is 32.6. The van der Waals surface area contributed by atoms with Gasteiger partial charge in [0, 0.05) is 43.9 Å². The number of primary amides is 2. The van der Waals surface area contributed by atoms with Gasteiger partial charge in [0.15, 0.2) is 0 Å². The largest absolute Gasteiger partial charge is 0.506 e. The lowest BCUT2D eigenvalue weighted by Crippen LogP contribution is -2.26. The Labute approximate surface area is 327 Å². The maximum Gasteiger partial charge on any atom is 0.276 e. The van der Waals surface area contributed by atoms with E-state index in [-0.39, 0.29) is 64.8 Å². The normalized spacial score (nSPS) is 12.6. The highest BCUT2D eigenvalue weighted by Crippen LogP contribution is 2.34. The molecule has 0 bridgehead atoms. The number of fused-ring (bicyclic) bond motifs is 2. The van der Waals surface area contributed by atoms with E-state index in [2.05, 4.69) is 25.8 Å². The molecular weight excluding hydrogens is 733 g/mol. The van der Waals surface area contributed by atoms with Crippen molar-refractivity contribution in [3.8, 4) is 5.75 Å². The van der Waals surface area contributed by atoms with Crippen molar-refractivity contribution in [2.75, 3.05) is 17.2 Å². The average Bonchev–Trinajstić information content (AvgIpc) is 3.93. The molecule has 18 heteroatoms. The van der Waals surface area contributed by atoms with Crippen LogP contribution in [0.4, 0.5) is 11.9 Å². The summed E-state index contributed by atoms with van der Waals surface area (Å²) in [7, 11) is 0. The third-order valence-electron chi connectivity index (χ3n) is 10.1. The molecule has 2 aromatic carbocycles. The van der Waals surface area contributed by atoms with E-state index < -0.39 is 23.6 Å². The first-order valence-electron chi connectivity index (χ1n) is 18.9. The van der Waals surface area contributed by atoms with Gasteiger partial charge in [-0.25, -0.2) is 9.97 Å². The number of amides is 4. The second-order valence-corrected chi connectivity index (χ2v) is 14.2. The number of imidazole rings is 2. The molecule has 0 radical (unpaired) electrons. The monoisotopic (exact) mass is 780 g/mol. The Kier molecular flexibility index (Phi) is 11.7. The van der Waals surface area contributed by atoms with E-state index >= 15 is 0 Å². The molecule has 0 aliphatic rings. The van der Waals surface area contributed by atoms with Gasteiger partial charge >= 0.3 is 0 Å². The van der Waals surface area contributed by atoms with Gasteiger partial charge in [-0.1, -0.05) is 13.3 Å². The van der Waals surface area contributed by atoms with Crippen molar-refractivity contribution < 1.29 is 29.4 Å². The number of carbonyl (C=O) groups excluding carboxylic acids is 4. The first kappa shape index (κ1) is 40.1. The van der Waals surface area contributed by atoms with Crippen LogP contribution in [-0.4, -0.2) is 79.1 Å². The number of phenolic OH excluding ortho intramolecular Hbond substituents is 1. The number of rotatable bonds is 17. The van der Waals surface area contributed by atoms with Gasteiger partial charge < -0.3 is 30.8 Å². The summed E-state index contributed by atoms with van der Waals surface area (Å²) >= 11 is 0. The number of aliphatic hydroxyl groups excluding tert-OH is 1. The number of aromatic hydroxyl groups is 1. The smallest absolute Gasteiger partial charge is 0.276 e. The lowest BCUT2D eigenvalue weighted by Gasteiger charge is -2.27. The van der Waals surface area contributed by atoms with Crippen molar-refractivity contribution in [2.45, 2.75) is 80.1 Å². The van der Waals surface area contributed by atoms with Gasteiger partial charge in [0.1, 0.15) is 22.7 Å². The highest BCUT2D eigenvalue weighted by Gasteiger charge is 2.27. The van der Waals surface area contributed by atoms with Crippen LogP contribution in [0.2, 0.25) is 0 Å². The molecule has 57 heavy (non-hydrogen) atoms. The van der Waals surface area contributed by atoms with E-state index in [1.165, 1.54) is 12.1 Å². The SMILES string of the molecule is CCn1nc(C)cc1C(=O)Nc1nc2cc(C(N)=O)ccc2n1CC(C)C(CCCCO)Cn1c(NC(=O)c2cc(C)nn2CC)nc2cc(C(N)=O)cc(O)c21. The Bertz CT molecular complexity index is 2490. The van der Waals surface area contributed by atoms with Gasteiger partial charge in [-0.05, 0) is 94.8 Å². The van der Waals surface area contributed by atoms with Crippen molar-refractivity contribution in [1.82, 2.24) is 38.7 Å². The number of aromatic nitrogens is 8. The van der Waals surface area contributed by atoms with Crippen LogP contribution < -0.4 is 22.1 Å². The number of hydrogen-bond donors (Lipinski definition) is 6. The standard InChI is InChI=1S/C39H48N12O6/c1-6-50-30(14-22(4)46-50)36(56)44-38-42-27-16-24(34(40)54)11-12-29(27)48(38)19-21(3)25(10-8-9-13-52)20-49-33-28(17-26(35(41)55)18-32(33)53)43-39(49)45-37(57)31-15-23(5)47-51(31)7-2/h11-12,14-18,21,25,52-53H,6-10,13,19-20H2,1-5H3,(H2,40,54)(H2,41,55)(H,42,44,56)(H,43,45,57). The Morgan fingerprint density at radius 1 is 0.754 bits per heavy atom. The van der Waals surface area contributed by atoms with Gasteiger partial charge in [-0.3, -0.25) is 39.2 Å². The van der Waals surface area contributed by atoms with Crippen LogP contribution in [0, 0.1) is 25.7 Å². The van der Waals surface area contributed by atoms with Gasteiger partial charge in [0.05, 0.1) is 27.9 Å². The number of carbonyl (C=O) groups is 4. The summed E-state index contributed by atoms with van der Waals surface area (Å²) in [5.74, 6) is -2.46. The average molecular weight is 781 g/mol. The molecule has 300 valence electrons. The molecule has 18 nitrogen and oxygen atoms in total. The van der Waals surface area contributed by atoms with Crippen molar-refractivity contribution >= 4 is 57.6 Å². The summed E-state index contributed by atoms with van der Waals surface area (Å²) in [5.41, 5.74) is 15.2. The highest BCUT2D eigenvalue weighted by molar-refractivity contribution is 6.05. The zero-order chi connectivity index (χ0) is 41.1. The summed E-state index contributed by atoms with van der Waals surface area (Å²) in [6.07, 6.45) is 1.82. The molecule has 2 atom stereocenters. The van der Waals surface area contributed by atoms with E-state index in [0.29, 0.717) is 72.7 Å². The number of anilines is 2. The van der Waals surface area contributed by atoms with Crippen LogP contribution in [0.3, 0.4) is 0 Å². The summed E-state index contributed by atoms with van der Waals surface area (Å²) in [6.45, 7) is 10.9. The molecular formula is C39H48N12O6. The predicted octanol–water partition coefficient (Wildman–Crippen LogP) is 3.96. The summed E-state index contributed by atoms with van der Waals surface area (Å²) < 4.78 is 6.78. The quantitative estimate of drug-likeness (QED) is 0.0726. The molecule has 4 heterocycles. The van der Waals surface area contributed by atoms with E-state index in [1.54, 1.807) is 58.1 Å². The lowest BCUT2D eigenvalue weighted by atomic mass is 9.88. The fraction of sp³-hybridized carbons (Fsp3) is 0.385. The van der Waals surface area contributed by atoms with Crippen molar-refractivity contribution in [3.63, 3.8) is 0 Å². The number of benzene rings is 2. The first-order chi connectivity index (χ1) is 27.2. The second kappa shape index (κ2) is 16.7. The molecule has 6 rings (SSSR count). The number of aliphatic hydroxyl groups is 1. The third-order valence-corrected chi connectivity index (χ3v) is 10.1. The third kappa shape index (κ3) is 8.35. The molecule has 6 aromatic rings. The van der Waals surface area contributed by atoms with Crippen LogP contribution in [-0.2, 0) is 26.2 Å². The zero-order valence-corrected chi connectivity index (χ0v) is 32.6. The van der Waals surface area contributed by atoms with E-state index in [4.69, 9.17) is 16.5 Å². The van der Waals surface area contributed by atoms with Crippen LogP contribution in [0.25, 0.3) is 22.1 Å². The first-order valence-corrected chi connectivity index (χ1v) is 18.9. The molecule has 0 saturated heterocycles. The lowest BCUT2D eigenvalue weighted by molar-refractivity contribution is 0.0992. The number of unbranched alkanes of at least 4 members (excludes halogenated alkanes) is 1. The van der Waals surface area contributed by atoms with Gasteiger partial charge in [-0.15, -0.1) is 0 Å². The summed E-state index contributed by atoms with van der Waals surface area (Å²) in [4.78, 5) is 61.1. The minimum atomic E-state index is -0.752. The number of nitrogens with two attached hydrogens (primary N) is 2. The van der Waals surface area contributed by atoms with Crippen molar-refractivity contribution in [2.24, 2.45) is 23.3 Å². The molecule has 0 saturated carbocycles. The van der Waals surface area contributed by atoms with Crippen molar-refractivity contribution in [1.29, 1.82) is 0 Å².